The molecule has 2 aliphatic heterocycles. The molecule has 126 heavy (non-hydrogen) atoms. The summed E-state index contributed by atoms with van der Waals surface area (Å²) in [5.74, 6) is 0.524. The van der Waals surface area contributed by atoms with Gasteiger partial charge >= 0.3 is 248 Å². The second kappa shape index (κ2) is 42.3. The van der Waals surface area contributed by atoms with E-state index in [2.05, 4.69) is 241 Å². The van der Waals surface area contributed by atoms with Crippen LogP contribution in [0.3, 0.4) is 0 Å². The van der Waals surface area contributed by atoms with E-state index in [9.17, 15) is 8.42 Å². The molecule has 2 aliphatic rings. The summed E-state index contributed by atoms with van der Waals surface area (Å²) in [6.07, 6.45) is 26.1. The van der Waals surface area contributed by atoms with Crippen LogP contribution in [0.25, 0.3) is 77.5 Å². The van der Waals surface area contributed by atoms with Crippen molar-refractivity contribution in [2.75, 3.05) is 76.8 Å². The first kappa shape index (κ1) is 97.7. The Morgan fingerprint density at radius 3 is 1.55 bits per heavy atom. The van der Waals surface area contributed by atoms with Crippen molar-refractivity contribution in [1.29, 1.82) is 0 Å². The number of nitrogens with zero attached hydrogens (tertiary/aromatic N) is 11. The Kier molecular flexibility index (Phi) is 32.8. The first-order chi connectivity index (χ1) is 59.9. The van der Waals surface area contributed by atoms with Crippen LogP contribution in [-0.4, -0.2) is 161 Å². The SMILES string of the molecule is CCC[CH2][Sn]([CH2]CCC)([CH2]CCC)[c]1cn([Si](C)(C)C(C)(C)C)c2ncc(-c3ccc(N(C)C)cc3)cc12.CN(C)c1ccc(-c2cnc3c(c2)c(B2OC(C)(C)C(C)(C)O2)cn3S(=O)(=O)c2ccccc2)cc1.CN(C)c1ccc(-c2cnc3c(c2)c(Br)cn3COCC[Si](C)(C)C)cc1.Ic1cn(OOSc2ccccc2)c2ncc(C3CCOCC3)cc12. The number of aromatic nitrogens is 8. The van der Waals surface area contributed by atoms with E-state index in [1.54, 1.807) is 51.0 Å². The number of unbranched alkanes of at least 4 members (excludes halogenated alkanes) is 3. The number of rotatable bonds is 30. The normalized spacial score (nSPS) is 14.4. The van der Waals surface area contributed by atoms with Crippen LogP contribution >= 0.6 is 50.6 Å². The molecule has 0 N–H and O–H groups in total. The van der Waals surface area contributed by atoms with Crippen molar-refractivity contribution in [3.8, 4) is 33.4 Å². The molecule has 2 fully saturated rings. The summed E-state index contributed by atoms with van der Waals surface area (Å²) in [7, 11) is 4.78. The molecule has 0 aliphatic carbocycles. The van der Waals surface area contributed by atoms with E-state index < -0.39 is 63.0 Å². The average Bonchev–Trinajstić information content (AvgIpc) is 1.58. The second-order valence-electron chi connectivity index (χ2n) is 37.9. The Balaban J connectivity index is 0.000000155. The second-order valence-corrected chi connectivity index (χ2v) is 66.3. The molecular weight excluding hydrogens is 1930 g/mol. The number of pyridine rings is 4. The van der Waals surface area contributed by atoms with Crippen molar-refractivity contribution < 1.29 is 36.5 Å². The van der Waals surface area contributed by atoms with E-state index in [1.807, 2.05) is 140 Å². The molecule has 8 aromatic heterocycles. The molecule has 15 rings (SSSR count). The molecule has 0 radical (unpaired) electrons. The molecule has 0 atom stereocenters. The van der Waals surface area contributed by atoms with Gasteiger partial charge in [0, 0.05) is 144 Å². The number of benzene rings is 5. The maximum atomic E-state index is 13.6. The first-order valence-electron chi connectivity index (χ1n) is 44.4. The minimum Gasteiger partial charge on any atom is -0.399 e. The van der Waals surface area contributed by atoms with Gasteiger partial charge in [0.15, 0.2) is 11.3 Å². The van der Waals surface area contributed by atoms with Crippen molar-refractivity contribution in [2.45, 2.75) is 211 Å². The Morgan fingerprint density at radius 1 is 0.579 bits per heavy atom. The predicted molar refractivity (Wildman–Crippen MR) is 547 cm³/mol. The van der Waals surface area contributed by atoms with Gasteiger partial charge in [-0.3, -0.25) is 0 Å². The molecule has 13 aromatic rings. The molecule has 670 valence electrons. The fourth-order valence-electron chi connectivity index (χ4n) is 15.8. The van der Waals surface area contributed by atoms with E-state index in [4.69, 9.17) is 38.1 Å². The van der Waals surface area contributed by atoms with Crippen molar-refractivity contribution >= 4 is 173 Å². The monoisotopic (exact) mass is 2060 g/mol. The summed E-state index contributed by atoms with van der Waals surface area (Å²) >= 11 is 4.45. The van der Waals surface area contributed by atoms with E-state index in [0.29, 0.717) is 29.1 Å². The zero-order chi connectivity index (χ0) is 90.7. The third-order valence-electron chi connectivity index (χ3n) is 25.4. The molecule has 2 saturated heterocycles. The van der Waals surface area contributed by atoms with E-state index >= 15 is 0 Å². The van der Waals surface area contributed by atoms with Crippen molar-refractivity contribution in [3.05, 3.63) is 221 Å². The number of hydrogen-bond acceptors (Lipinski definition) is 16. The van der Waals surface area contributed by atoms with Crippen LogP contribution < -0.4 is 28.7 Å². The van der Waals surface area contributed by atoms with Crippen LogP contribution in [0.2, 0.25) is 57.1 Å². The maximum absolute atomic E-state index is 13.6. The van der Waals surface area contributed by atoms with Gasteiger partial charge in [0.1, 0.15) is 12.4 Å². The number of ether oxygens (including phenoxy) is 2. The largest absolute Gasteiger partial charge is 0.497 e. The van der Waals surface area contributed by atoms with Crippen LogP contribution in [-0.2, 0) is 39.9 Å². The van der Waals surface area contributed by atoms with Gasteiger partial charge in [-0.05, 0) is 174 Å². The molecule has 0 spiro atoms. The van der Waals surface area contributed by atoms with Crippen LogP contribution in [0, 0.1) is 3.57 Å². The molecule has 27 heteroatoms. The molecule has 0 bridgehead atoms. The van der Waals surface area contributed by atoms with Crippen molar-refractivity contribution in [1.82, 2.24) is 37.4 Å². The summed E-state index contributed by atoms with van der Waals surface area (Å²) in [6, 6.07) is 53.9. The Morgan fingerprint density at radius 2 is 1.06 bits per heavy atom. The van der Waals surface area contributed by atoms with Gasteiger partial charge in [0.05, 0.1) is 34.3 Å². The zero-order valence-electron chi connectivity index (χ0n) is 77.9. The maximum Gasteiger partial charge on any atom is 0.497 e. The summed E-state index contributed by atoms with van der Waals surface area (Å²) in [4.78, 5) is 32.1. The zero-order valence-corrected chi connectivity index (χ0v) is 88.1. The van der Waals surface area contributed by atoms with Crippen molar-refractivity contribution in [2.24, 2.45) is 0 Å². The predicted octanol–water partition coefficient (Wildman–Crippen LogP) is 24.4. The van der Waals surface area contributed by atoms with Gasteiger partial charge in [-0.25, -0.2) is 32.3 Å². The fraction of sp³-hybridized carbons (Fsp3) is 0.414. The minimum atomic E-state index is -3.89. The fourth-order valence-corrected chi connectivity index (χ4v) is 38.4. The molecule has 19 nitrogen and oxygen atoms in total. The molecule has 0 saturated carbocycles. The molecule has 5 aromatic carbocycles. The van der Waals surface area contributed by atoms with Crippen LogP contribution in [0.4, 0.5) is 17.1 Å². The standard InChI is InChI=1S/C27H30BN3O4S.C21H28BrN3OSi.C21H28N3Si.C18H17IN2O3S.3C4H9.Sn/c1-26(2)27(3,4)35-28(34-26)24-18-31(36(32,33)22-10-8-7-9-11-22)25-23(24)16-20(17-29-25)19-12-14-21(15-13-19)30(5)6;1-24(2)18-8-6-16(7-9-18)17-12-19-20(22)14-25(21(19)23-13-17)15-26-10-11-27(3,4)5;1-21(2,3)25(6,7)24-13-12-17-14-18(15-22-20(17)24)16-8-10-19(11-9-16)23(4)5;19-17-12-21(23-24-25-15-4-2-1-3-5-15)18-16(17)10-14(11-20-18)13-6-8-22-9-7-13;3*1-3-4-2;/h7-18H,1-6H3;6-9,12-14H,10-11,15H2,1-5H3;8-11,13-15H,1-7H3;1-5,10-13H,6-9H2;3*1,3-4H2,2H3;. The summed E-state index contributed by atoms with van der Waals surface area (Å²) in [6.45, 7) is 37.6. The molecular formula is C99H130BBrIN11O8S2Si2Sn. The van der Waals surface area contributed by atoms with Crippen molar-refractivity contribution in [3.63, 3.8) is 0 Å². The molecule has 0 unspecified atom stereocenters. The Bertz CT molecular complexity index is 5860. The van der Waals surface area contributed by atoms with E-state index in [-0.39, 0.29) is 9.93 Å². The minimum absolute atomic E-state index is 0.188. The number of fused-ring (bicyclic) bond motifs is 4. The molecule has 0 amide bonds. The van der Waals surface area contributed by atoms with E-state index in [0.717, 1.165) is 90.0 Å². The average molecular weight is 2060 g/mol. The Labute approximate surface area is 782 Å². The van der Waals surface area contributed by atoms with Gasteiger partial charge in [-0.2, -0.15) is 0 Å². The van der Waals surface area contributed by atoms with Gasteiger partial charge in [0.25, 0.3) is 10.0 Å². The van der Waals surface area contributed by atoms with E-state index in [1.165, 1.54) is 119 Å². The van der Waals surface area contributed by atoms with Gasteiger partial charge in [-0.15, -0.1) is 4.73 Å². The smallest absolute Gasteiger partial charge is 0.399 e. The topological polar surface area (TPSA) is 171 Å². The van der Waals surface area contributed by atoms with Crippen LogP contribution in [0.15, 0.2) is 222 Å². The van der Waals surface area contributed by atoms with Gasteiger partial charge < -0.3 is 33.1 Å². The third-order valence-corrected chi connectivity index (χ3v) is 51.7. The van der Waals surface area contributed by atoms with Gasteiger partial charge in [-0.1, -0.05) is 84.6 Å². The number of anilines is 3. The third kappa shape index (κ3) is 23.1. The molecule has 10 heterocycles. The summed E-state index contributed by atoms with van der Waals surface area (Å²) < 4.78 is 72.5. The first-order valence-corrected chi connectivity index (χ1v) is 62.6. The Hall–Kier alpha value is -7.33. The quantitative estimate of drug-likeness (QED) is 0.0104. The summed E-state index contributed by atoms with van der Waals surface area (Å²) in [5.41, 5.74) is 14.2. The van der Waals surface area contributed by atoms with Crippen LogP contribution in [0.5, 0.6) is 0 Å². The van der Waals surface area contributed by atoms with Gasteiger partial charge in [0.2, 0.25) is 0 Å². The number of halogens is 2. The number of hydrogen-bond donors (Lipinski definition) is 0. The summed E-state index contributed by atoms with van der Waals surface area (Å²) in [5, 5.41) is 4.61. The van der Waals surface area contributed by atoms with Crippen LogP contribution in [0.1, 0.15) is 132 Å².